The van der Waals surface area contributed by atoms with E-state index in [9.17, 15) is 43.7 Å². The summed E-state index contributed by atoms with van der Waals surface area (Å²) in [5.41, 5.74) is 0. The first-order valence-electron chi connectivity index (χ1n) is 11.3. The van der Waals surface area contributed by atoms with Gasteiger partial charge in [0.05, 0.1) is 12.8 Å². The van der Waals surface area contributed by atoms with Crippen molar-refractivity contribution < 1.29 is 48.5 Å². The van der Waals surface area contributed by atoms with Gasteiger partial charge in [-0.3, -0.25) is 9.40 Å². The van der Waals surface area contributed by atoms with Crippen molar-refractivity contribution in [3.63, 3.8) is 0 Å². The summed E-state index contributed by atoms with van der Waals surface area (Å²) in [7, 11) is -6.80. The highest BCUT2D eigenvalue weighted by molar-refractivity contribution is 7.51. The van der Waals surface area contributed by atoms with Crippen molar-refractivity contribution in [2.24, 2.45) is 0 Å². The summed E-state index contributed by atoms with van der Waals surface area (Å²) in [5, 5.41) is 1.61. The van der Waals surface area contributed by atoms with Crippen LogP contribution in [0.5, 0.6) is 0 Å². The Labute approximate surface area is 212 Å². The Hall–Kier alpha value is 1.000. The van der Waals surface area contributed by atoms with E-state index in [2.05, 4.69) is 4.90 Å². The summed E-state index contributed by atoms with van der Waals surface area (Å²) >= 11 is 0. The standard InChI is InChI=1S/C17H44N4O10P4/c1-18(2)31-13-3-4-19(5-7-20(9-14-32(22)23)10-15-33(24)25)6-8-21(11-16-34(26)27)12-17-35(28,29)30/h22-27H,3-17H2,1-2H3,(H2,28,29,30). The highest BCUT2D eigenvalue weighted by atomic mass is 31.2. The summed E-state index contributed by atoms with van der Waals surface area (Å²) in [6.07, 6.45) is 0.932. The van der Waals surface area contributed by atoms with Gasteiger partial charge in [-0.1, -0.05) is 0 Å². The van der Waals surface area contributed by atoms with Crippen molar-refractivity contribution in [1.82, 2.24) is 19.8 Å². The molecule has 18 heteroatoms. The average Bonchev–Trinajstić information content (AvgIpc) is 2.73. The van der Waals surface area contributed by atoms with E-state index in [1.54, 1.807) is 24.1 Å². The quantitative estimate of drug-likeness (QED) is 0.0404. The predicted octanol–water partition coefficient (Wildman–Crippen LogP) is -1.16. The van der Waals surface area contributed by atoms with E-state index in [1.807, 2.05) is 4.90 Å². The number of hydrogen-bond donors (Lipinski definition) is 8. The normalized spacial score (nSPS) is 13.2. The molecular weight excluding hydrogens is 544 g/mol. The van der Waals surface area contributed by atoms with Crippen molar-refractivity contribution in [2.45, 2.75) is 6.42 Å². The fraction of sp³-hybridized carbons (Fsp3) is 1.00. The van der Waals surface area contributed by atoms with Crippen molar-refractivity contribution >= 4 is 32.7 Å². The Kier molecular flexibility index (Phi) is 21.5. The van der Waals surface area contributed by atoms with Crippen LogP contribution in [0.3, 0.4) is 0 Å². The minimum absolute atomic E-state index is 0.123. The Morgan fingerprint density at radius 2 is 1.00 bits per heavy atom. The molecule has 0 aromatic heterocycles. The second-order valence-electron chi connectivity index (χ2n) is 8.20. The molecule has 0 aliphatic heterocycles. The molecule has 0 saturated heterocycles. The van der Waals surface area contributed by atoms with Crippen molar-refractivity contribution in [1.29, 1.82) is 0 Å². The molecule has 0 aliphatic carbocycles. The number of hydrogen-bond acceptors (Lipinski definition) is 12. The minimum atomic E-state index is -4.18. The molecule has 0 fully saturated rings. The van der Waals surface area contributed by atoms with Crippen LogP contribution < -0.4 is 0 Å². The highest BCUT2D eigenvalue weighted by Crippen LogP contribution is 2.33. The van der Waals surface area contributed by atoms with Gasteiger partial charge in [-0.25, -0.2) is 0 Å². The Morgan fingerprint density at radius 3 is 1.34 bits per heavy atom. The van der Waals surface area contributed by atoms with Gasteiger partial charge in [-0.05, 0) is 6.42 Å². The monoisotopic (exact) mass is 588 g/mol. The second kappa shape index (κ2) is 20.9. The molecule has 0 spiro atoms. The van der Waals surface area contributed by atoms with Gasteiger partial charge >= 0.3 is 7.60 Å². The molecule has 0 radical (unpaired) electrons. The third-order valence-electron chi connectivity index (χ3n) is 4.99. The maximum atomic E-state index is 11.3. The van der Waals surface area contributed by atoms with Crippen molar-refractivity contribution in [2.75, 3.05) is 104 Å². The van der Waals surface area contributed by atoms with Crippen molar-refractivity contribution in [3.05, 3.63) is 0 Å². The van der Waals surface area contributed by atoms with Crippen LogP contribution in [-0.4, -0.2) is 163 Å². The third kappa shape index (κ3) is 25.1. The smallest absolute Gasteiger partial charge is 0.326 e. The van der Waals surface area contributed by atoms with Crippen molar-refractivity contribution in [3.8, 4) is 0 Å². The summed E-state index contributed by atoms with van der Waals surface area (Å²) in [4.78, 5) is 85.4. The van der Waals surface area contributed by atoms with E-state index >= 15 is 0 Å². The van der Waals surface area contributed by atoms with Gasteiger partial charge in [0.2, 0.25) is 0 Å². The molecule has 0 aromatic rings. The fourth-order valence-electron chi connectivity index (χ4n) is 3.07. The molecule has 0 aliphatic rings. The molecule has 0 unspecified atom stereocenters. The van der Waals surface area contributed by atoms with Crippen LogP contribution in [-0.2, 0) is 9.40 Å². The van der Waals surface area contributed by atoms with Crippen LogP contribution in [0.1, 0.15) is 6.42 Å². The van der Waals surface area contributed by atoms with Crippen LogP contribution in [0.25, 0.3) is 0 Å². The van der Waals surface area contributed by atoms with Crippen LogP contribution >= 0.6 is 32.7 Å². The Bertz CT molecular complexity index is 551. The van der Waals surface area contributed by atoms with E-state index in [0.29, 0.717) is 59.0 Å². The first-order chi connectivity index (χ1) is 16.3. The fourth-order valence-corrected chi connectivity index (χ4v) is 5.00. The lowest BCUT2D eigenvalue weighted by Crippen LogP contribution is -2.42. The van der Waals surface area contributed by atoms with Gasteiger partial charge in [-0.15, -0.1) is 0 Å². The lowest BCUT2D eigenvalue weighted by molar-refractivity contribution is -0.121. The molecule has 0 atom stereocenters. The Morgan fingerprint density at radius 1 is 0.629 bits per heavy atom. The van der Waals surface area contributed by atoms with Gasteiger partial charge in [0.15, 0.2) is 25.1 Å². The SMILES string of the molecule is CN(C)OCCCN(CCN(CCP(O)O)CCP(O)O)CCN(CCP(O)O)CCP(=O)(O)O. The summed E-state index contributed by atoms with van der Waals surface area (Å²) in [6.45, 7) is 4.62. The van der Waals surface area contributed by atoms with E-state index in [0.717, 1.165) is 6.42 Å². The average molecular weight is 588 g/mol. The molecule has 0 saturated carbocycles. The molecule has 35 heavy (non-hydrogen) atoms. The minimum Gasteiger partial charge on any atom is -0.350 e. The molecule has 0 rings (SSSR count). The summed E-state index contributed by atoms with van der Waals surface area (Å²) in [6, 6.07) is 0. The van der Waals surface area contributed by atoms with Crippen LogP contribution in [0.2, 0.25) is 0 Å². The van der Waals surface area contributed by atoms with Crippen LogP contribution in [0, 0.1) is 0 Å². The molecule has 8 N–H and O–H groups in total. The molecule has 0 amide bonds. The maximum absolute atomic E-state index is 11.3. The third-order valence-corrected chi connectivity index (χ3v) is 7.57. The van der Waals surface area contributed by atoms with E-state index < -0.39 is 32.7 Å². The van der Waals surface area contributed by atoms with E-state index in [-0.39, 0.29) is 31.2 Å². The second-order valence-corrected chi connectivity index (χ2v) is 13.6. The van der Waals surface area contributed by atoms with Crippen LogP contribution in [0.15, 0.2) is 0 Å². The van der Waals surface area contributed by atoms with Gasteiger partial charge in [0.1, 0.15) is 0 Å². The zero-order valence-electron chi connectivity index (χ0n) is 20.6. The maximum Gasteiger partial charge on any atom is 0.326 e. The van der Waals surface area contributed by atoms with Crippen LogP contribution in [0.4, 0.5) is 0 Å². The topological polar surface area (TPSA) is 201 Å². The van der Waals surface area contributed by atoms with Gasteiger partial charge < -0.3 is 53.8 Å². The van der Waals surface area contributed by atoms with Gasteiger partial charge in [-0.2, -0.15) is 5.06 Å². The predicted molar refractivity (Wildman–Crippen MR) is 139 cm³/mol. The number of hydroxylamine groups is 2. The largest absolute Gasteiger partial charge is 0.350 e. The Balaban J connectivity index is 5.05. The molecule has 14 nitrogen and oxygen atoms in total. The van der Waals surface area contributed by atoms with E-state index in [4.69, 9.17) is 4.84 Å². The number of nitrogens with zero attached hydrogens (tertiary/aromatic N) is 4. The molecule has 0 heterocycles. The first-order valence-corrected chi connectivity index (χ1v) is 17.4. The zero-order chi connectivity index (χ0) is 26.9. The molecule has 212 valence electrons. The molecule has 0 bridgehead atoms. The van der Waals surface area contributed by atoms with Gasteiger partial charge in [0.25, 0.3) is 0 Å². The number of rotatable bonds is 23. The zero-order valence-corrected chi connectivity index (χ0v) is 24.2. The lowest BCUT2D eigenvalue weighted by atomic mass is 10.3. The highest BCUT2D eigenvalue weighted by Gasteiger charge is 2.18. The lowest BCUT2D eigenvalue weighted by Gasteiger charge is -2.30. The first kappa shape index (κ1) is 36.0. The molecule has 0 aromatic carbocycles. The summed E-state index contributed by atoms with van der Waals surface area (Å²) in [5.74, 6) is 0. The molecular formula is C17H44N4O10P4. The van der Waals surface area contributed by atoms with E-state index in [1.165, 1.54) is 0 Å². The summed E-state index contributed by atoms with van der Waals surface area (Å²) < 4.78 is 11.3. The van der Waals surface area contributed by atoms with Gasteiger partial charge in [0, 0.05) is 91.5 Å².